The third-order valence-electron chi connectivity index (χ3n) is 3.09. The molecular weight excluding hydrogens is 272 g/mol. The molecule has 2 aromatic heterocycles. The quantitative estimate of drug-likeness (QED) is 0.891. The molecule has 0 fully saturated rings. The summed E-state index contributed by atoms with van der Waals surface area (Å²) in [6, 6.07) is 1.66. The molecular formula is C14H16N4O3. The van der Waals surface area contributed by atoms with E-state index in [-0.39, 0.29) is 6.42 Å². The second-order valence-electron chi connectivity index (χ2n) is 4.54. The largest absolute Gasteiger partial charge is 0.481 e. The van der Waals surface area contributed by atoms with Crippen molar-refractivity contribution in [2.75, 3.05) is 7.11 Å². The van der Waals surface area contributed by atoms with Crippen molar-refractivity contribution in [2.45, 2.75) is 26.7 Å². The van der Waals surface area contributed by atoms with E-state index in [0.717, 1.165) is 17.0 Å². The zero-order valence-electron chi connectivity index (χ0n) is 12.1. The molecule has 7 nitrogen and oxygen atoms in total. The van der Waals surface area contributed by atoms with E-state index in [9.17, 15) is 4.79 Å². The van der Waals surface area contributed by atoms with Crippen LogP contribution < -0.4 is 4.74 Å². The highest BCUT2D eigenvalue weighted by Crippen LogP contribution is 2.20. The van der Waals surface area contributed by atoms with Gasteiger partial charge in [-0.05, 0) is 25.8 Å². The first kappa shape index (κ1) is 14.8. The number of hydrogen-bond acceptors (Lipinski definition) is 6. The highest BCUT2D eigenvalue weighted by Gasteiger charge is 2.12. The van der Waals surface area contributed by atoms with E-state index in [1.165, 1.54) is 13.4 Å². The Morgan fingerprint density at radius 1 is 1.24 bits per heavy atom. The summed E-state index contributed by atoms with van der Waals surface area (Å²) < 4.78 is 5.05. The second-order valence-corrected chi connectivity index (χ2v) is 4.54. The number of carbonyl (C=O) groups is 1. The summed E-state index contributed by atoms with van der Waals surface area (Å²) in [4.78, 5) is 27.6. The van der Waals surface area contributed by atoms with Crippen LogP contribution in [0.4, 0.5) is 0 Å². The van der Waals surface area contributed by atoms with Crippen molar-refractivity contribution < 1.29 is 14.6 Å². The molecule has 21 heavy (non-hydrogen) atoms. The van der Waals surface area contributed by atoms with Crippen LogP contribution in [0.3, 0.4) is 0 Å². The first-order chi connectivity index (χ1) is 10.0. The first-order valence-electron chi connectivity index (χ1n) is 6.43. The van der Waals surface area contributed by atoms with Crippen LogP contribution in [0.2, 0.25) is 0 Å². The summed E-state index contributed by atoms with van der Waals surface area (Å²) in [6.45, 7) is 3.68. The fourth-order valence-electron chi connectivity index (χ4n) is 2.02. The Kier molecular flexibility index (Phi) is 4.42. The molecule has 0 unspecified atom stereocenters. The number of rotatable bonds is 5. The Balaban J connectivity index is 2.36. The Bertz CT molecular complexity index is 650. The van der Waals surface area contributed by atoms with Gasteiger partial charge in [-0.2, -0.15) is 0 Å². The monoisotopic (exact) mass is 288 g/mol. The number of ether oxygens (including phenoxy) is 1. The Morgan fingerprint density at radius 3 is 2.48 bits per heavy atom. The molecule has 7 heteroatoms. The van der Waals surface area contributed by atoms with Gasteiger partial charge < -0.3 is 9.84 Å². The summed E-state index contributed by atoms with van der Waals surface area (Å²) in [7, 11) is 1.53. The number of hydrogen-bond donors (Lipinski definition) is 1. The molecule has 110 valence electrons. The van der Waals surface area contributed by atoms with Crippen LogP contribution in [0.15, 0.2) is 12.4 Å². The van der Waals surface area contributed by atoms with Gasteiger partial charge in [-0.25, -0.2) is 19.9 Å². The summed E-state index contributed by atoms with van der Waals surface area (Å²) in [5.41, 5.74) is 2.95. The third-order valence-corrected chi connectivity index (χ3v) is 3.09. The average Bonchev–Trinajstić information content (AvgIpc) is 2.46. The highest BCUT2D eigenvalue weighted by molar-refractivity contribution is 5.67. The van der Waals surface area contributed by atoms with Crippen LogP contribution in [0.5, 0.6) is 5.88 Å². The average molecular weight is 288 g/mol. The van der Waals surface area contributed by atoms with Crippen LogP contribution in [0, 0.1) is 13.8 Å². The van der Waals surface area contributed by atoms with E-state index in [4.69, 9.17) is 9.84 Å². The zero-order chi connectivity index (χ0) is 15.4. The topological polar surface area (TPSA) is 98.1 Å². The van der Waals surface area contributed by atoms with Crippen molar-refractivity contribution in [3.8, 4) is 17.4 Å². The molecule has 2 heterocycles. The lowest BCUT2D eigenvalue weighted by Crippen LogP contribution is -2.06. The van der Waals surface area contributed by atoms with E-state index in [0.29, 0.717) is 23.8 Å². The van der Waals surface area contributed by atoms with Crippen molar-refractivity contribution in [2.24, 2.45) is 0 Å². The molecule has 0 aliphatic rings. The summed E-state index contributed by atoms with van der Waals surface area (Å²) in [6.07, 6.45) is 1.87. The number of carboxylic acid groups (broad SMARTS) is 1. The highest BCUT2D eigenvalue weighted by atomic mass is 16.5. The van der Waals surface area contributed by atoms with Crippen LogP contribution in [0.25, 0.3) is 11.5 Å². The molecule has 0 atom stereocenters. The maximum Gasteiger partial charge on any atom is 0.303 e. The lowest BCUT2D eigenvalue weighted by atomic mass is 10.1. The molecule has 2 rings (SSSR count). The van der Waals surface area contributed by atoms with Crippen molar-refractivity contribution in [1.82, 2.24) is 19.9 Å². The van der Waals surface area contributed by atoms with Crippen molar-refractivity contribution in [3.05, 3.63) is 29.3 Å². The van der Waals surface area contributed by atoms with Crippen LogP contribution in [0.1, 0.15) is 23.4 Å². The van der Waals surface area contributed by atoms with E-state index >= 15 is 0 Å². The molecule has 2 aromatic rings. The smallest absolute Gasteiger partial charge is 0.303 e. The van der Waals surface area contributed by atoms with Gasteiger partial charge in [0.15, 0.2) is 5.82 Å². The van der Waals surface area contributed by atoms with Crippen LogP contribution >= 0.6 is 0 Å². The molecule has 0 aliphatic carbocycles. The van der Waals surface area contributed by atoms with E-state index in [1.807, 2.05) is 13.8 Å². The molecule has 0 saturated carbocycles. The molecule has 0 spiro atoms. The molecule has 0 saturated heterocycles. The predicted molar refractivity (Wildman–Crippen MR) is 75.0 cm³/mol. The summed E-state index contributed by atoms with van der Waals surface area (Å²) >= 11 is 0. The standard InChI is InChI=1S/C14H16N4O3/c1-8-10(4-5-13(19)20)9(2)18-14(17-8)11-6-12(21-3)16-7-15-11/h6-7H,4-5H2,1-3H3,(H,19,20). The first-order valence-corrected chi connectivity index (χ1v) is 6.43. The maximum atomic E-state index is 10.7. The third kappa shape index (κ3) is 3.50. The van der Waals surface area contributed by atoms with Crippen molar-refractivity contribution in [1.29, 1.82) is 0 Å². The SMILES string of the molecule is COc1cc(-c2nc(C)c(CCC(=O)O)c(C)n2)ncn1. The van der Waals surface area contributed by atoms with Crippen LogP contribution in [-0.4, -0.2) is 38.1 Å². The fraction of sp³-hybridized carbons (Fsp3) is 0.357. The molecule has 1 N–H and O–H groups in total. The number of carboxylic acids is 1. The van der Waals surface area contributed by atoms with Gasteiger partial charge in [0.25, 0.3) is 0 Å². The van der Waals surface area contributed by atoms with Gasteiger partial charge in [0, 0.05) is 23.9 Å². The Morgan fingerprint density at radius 2 is 1.90 bits per heavy atom. The number of aromatic nitrogens is 4. The van der Waals surface area contributed by atoms with E-state index in [1.54, 1.807) is 6.07 Å². The normalized spacial score (nSPS) is 10.4. The van der Waals surface area contributed by atoms with Gasteiger partial charge in [-0.15, -0.1) is 0 Å². The van der Waals surface area contributed by atoms with E-state index < -0.39 is 5.97 Å². The van der Waals surface area contributed by atoms with Gasteiger partial charge in [-0.1, -0.05) is 0 Å². The fourth-order valence-corrected chi connectivity index (χ4v) is 2.02. The minimum Gasteiger partial charge on any atom is -0.481 e. The number of aryl methyl sites for hydroxylation is 2. The lowest BCUT2D eigenvalue weighted by Gasteiger charge is -2.10. The Labute approximate surface area is 122 Å². The van der Waals surface area contributed by atoms with Crippen molar-refractivity contribution in [3.63, 3.8) is 0 Å². The molecule has 0 aromatic carbocycles. The van der Waals surface area contributed by atoms with Gasteiger partial charge >= 0.3 is 5.97 Å². The molecule has 0 radical (unpaired) electrons. The van der Waals surface area contributed by atoms with Gasteiger partial charge in [0.05, 0.1) is 7.11 Å². The Hall–Kier alpha value is -2.57. The molecule has 0 amide bonds. The lowest BCUT2D eigenvalue weighted by molar-refractivity contribution is -0.136. The van der Waals surface area contributed by atoms with Crippen molar-refractivity contribution >= 4 is 5.97 Å². The molecule has 0 aliphatic heterocycles. The number of aliphatic carboxylic acids is 1. The zero-order valence-corrected chi connectivity index (χ0v) is 12.1. The maximum absolute atomic E-state index is 10.7. The predicted octanol–water partition coefficient (Wildman–Crippen LogP) is 1.58. The number of methoxy groups -OCH3 is 1. The van der Waals surface area contributed by atoms with Crippen LogP contribution in [-0.2, 0) is 11.2 Å². The van der Waals surface area contributed by atoms with Gasteiger partial charge in [0.2, 0.25) is 5.88 Å². The summed E-state index contributed by atoms with van der Waals surface area (Å²) in [5, 5.41) is 8.78. The minimum absolute atomic E-state index is 0.0612. The minimum atomic E-state index is -0.835. The van der Waals surface area contributed by atoms with E-state index in [2.05, 4.69) is 19.9 Å². The van der Waals surface area contributed by atoms with Gasteiger partial charge in [0.1, 0.15) is 12.0 Å². The molecule has 0 bridgehead atoms. The van der Waals surface area contributed by atoms with Gasteiger partial charge in [-0.3, -0.25) is 4.79 Å². The second kappa shape index (κ2) is 6.25. The summed E-state index contributed by atoms with van der Waals surface area (Å²) in [5.74, 6) is 0.0806. The number of nitrogens with zero attached hydrogens (tertiary/aromatic N) is 4.